The van der Waals surface area contributed by atoms with Crippen molar-refractivity contribution in [2.45, 2.75) is 12.0 Å². The lowest BCUT2D eigenvalue weighted by Gasteiger charge is -2.39. The molecular formula is C24H21FN2O3. The number of nitrogens with one attached hydrogen (secondary N) is 1. The Kier molecular flexibility index (Phi) is 5.23. The van der Waals surface area contributed by atoms with Gasteiger partial charge in [-0.15, -0.1) is 0 Å². The second-order valence-electron chi connectivity index (χ2n) is 7.17. The number of para-hydroxylation sites is 1. The molecule has 2 atom stereocenters. The number of halogens is 1. The summed E-state index contributed by atoms with van der Waals surface area (Å²) in [5, 5.41) is 2.70. The Morgan fingerprint density at radius 2 is 1.67 bits per heavy atom. The van der Waals surface area contributed by atoms with Gasteiger partial charge < -0.3 is 15.0 Å². The Labute approximate surface area is 174 Å². The molecule has 2 amide bonds. The highest BCUT2D eigenvalue weighted by atomic mass is 19.1. The molecular weight excluding hydrogens is 383 g/mol. The van der Waals surface area contributed by atoms with Gasteiger partial charge in [0.25, 0.3) is 5.91 Å². The van der Waals surface area contributed by atoms with E-state index in [1.165, 1.54) is 12.1 Å². The van der Waals surface area contributed by atoms with Crippen molar-refractivity contribution < 1.29 is 18.7 Å². The van der Waals surface area contributed by atoms with Crippen molar-refractivity contribution in [3.8, 4) is 5.75 Å². The molecule has 0 saturated carbocycles. The van der Waals surface area contributed by atoms with E-state index in [2.05, 4.69) is 5.32 Å². The van der Waals surface area contributed by atoms with Crippen LogP contribution < -0.4 is 10.1 Å². The van der Waals surface area contributed by atoms with E-state index in [4.69, 9.17) is 4.74 Å². The number of amides is 2. The molecule has 1 aliphatic rings. The van der Waals surface area contributed by atoms with Crippen LogP contribution in [-0.2, 0) is 4.79 Å². The number of anilines is 1. The maximum atomic E-state index is 14.2. The Balaban J connectivity index is 1.80. The van der Waals surface area contributed by atoms with Crippen molar-refractivity contribution in [2.75, 3.05) is 19.5 Å². The molecule has 0 aliphatic carbocycles. The molecule has 4 rings (SSSR count). The van der Waals surface area contributed by atoms with E-state index in [1.54, 1.807) is 67.6 Å². The fraction of sp³-hybridized carbons (Fsp3) is 0.167. The molecule has 0 saturated heterocycles. The number of methoxy groups -OCH3 is 1. The average molecular weight is 404 g/mol. The highest BCUT2D eigenvalue weighted by molar-refractivity contribution is 6.04. The minimum atomic E-state index is -0.711. The standard InChI is InChI=1S/C24H21FN2O3/c1-27-22(15-11-13-16(30-2)14-12-15)21(17-7-3-4-8-18(17)24(27)29)23(28)26-20-10-6-5-9-19(20)25/h3-14,21-22H,1-2H3,(H,26,28). The summed E-state index contributed by atoms with van der Waals surface area (Å²) < 4.78 is 19.4. The molecule has 1 heterocycles. The van der Waals surface area contributed by atoms with Gasteiger partial charge in [0.1, 0.15) is 11.6 Å². The first kappa shape index (κ1) is 19.6. The van der Waals surface area contributed by atoms with Crippen LogP contribution in [-0.4, -0.2) is 30.9 Å². The third-order valence-electron chi connectivity index (χ3n) is 5.45. The van der Waals surface area contributed by atoms with Gasteiger partial charge in [-0.05, 0) is 41.5 Å². The number of nitrogens with zero attached hydrogens (tertiary/aromatic N) is 1. The molecule has 0 aromatic heterocycles. The maximum absolute atomic E-state index is 14.2. The average Bonchev–Trinajstić information content (AvgIpc) is 2.77. The molecule has 0 fully saturated rings. The summed E-state index contributed by atoms with van der Waals surface area (Å²) in [6.45, 7) is 0. The lowest BCUT2D eigenvalue weighted by atomic mass is 9.79. The molecule has 1 N–H and O–H groups in total. The minimum Gasteiger partial charge on any atom is -0.497 e. The third kappa shape index (κ3) is 3.41. The number of rotatable bonds is 4. The Bertz CT molecular complexity index is 1100. The summed E-state index contributed by atoms with van der Waals surface area (Å²) >= 11 is 0. The fourth-order valence-electron chi connectivity index (χ4n) is 3.95. The Hall–Kier alpha value is -3.67. The molecule has 152 valence electrons. The number of likely N-dealkylation sites (N-methyl/N-ethyl adjacent to an activating group) is 1. The summed E-state index contributed by atoms with van der Waals surface area (Å²) in [5.74, 6) is -1.09. The van der Waals surface area contributed by atoms with Crippen LogP contribution in [0, 0.1) is 5.82 Å². The number of carbonyl (C=O) groups excluding carboxylic acids is 2. The predicted molar refractivity (Wildman–Crippen MR) is 112 cm³/mol. The topological polar surface area (TPSA) is 58.6 Å². The van der Waals surface area contributed by atoms with Crippen LogP contribution in [0.25, 0.3) is 0 Å². The second-order valence-corrected chi connectivity index (χ2v) is 7.17. The molecule has 6 heteroatoms. The number of hydrogen-bond acceptors (Lipinski definition) is 3. The maximum Gasteiger partial charge on any atom is 0.254 e. The second kappa shape index (κ2) is 7.99. The summed E-state index contributed by atoms with van der Waals surface area (Å²) in [7, 11) is 3.25. The zero-order valence-corrected chi connectivity index (χ0v) is 16.6. The van der Waals surface area contributed by atoms with E-state index in [0.717, 1.165) is 5.56 Å². The van der Waals surface area contributed by atoms with Gasteiger partial charge in [-0.3, -0.25) is 9.59 Å². The Morgan fingerprint density at radius 1 is 1.00 bits per heavy atom. The number of hydrogen-bond donors (Lipinski definition) is 1. The SMILES string of the molecule is COc1ccc(C2C(C(=O)Nc3ccccc3F)c3ccccc3C(=O)N2C)cc1. The quantitative estimate of drug-likeness (QED) is 0.702. The molecule has 2 unspecified atom stereocenters. The van der Waals surface area contributed by atoms with Crippen LogP contribution >= 0.6 is 0 Å². The smallest absolute Gasteiger partial charge is 0.254 e. The monoisotopic (exact) mass is 404 g/mol. The van der Waals surface area contributed by atoms with Crippen molar-refractivity contribution >= 4 is 17.5 Å². The van der Waals surface area contributed by atoms with Gasteiger partial charge in [0.05, 0.1) is 24.8 Å². The number of benzene rings is 3. The van der Waals surface area contributed by atoms with Gasteiger partial charge in [0.2, 0.25) is 5.91 Å². The number of carbonyl (C=O) groups is 2. The number of fused-ring (bicyclic) bond motifs is 1. The van der Waals surface area contributed by atoms with E-state index in [9.17, 15) is 14.0 Å². The molecule has 3 aromatic carbocycles. The Morgan fingerprint density at radius 3 is 2.37 bits per heavy atom. The molecule has 1 aliphatic heterocycles. The van der Waals surface area contributed by atoms with E-state index < -0.39 is 17.8 Å². The highest BCUT2D eigenvalue weighted by Gasteiger charge is 2.42. The van der Waals surface area contributed by atoms with E-state index in [0.29, 0.717) is 16.9 Å². The van der Waals surface area contributed by atoms with Gasteiger partial charge in [0, 0.05) is 12.6 Å². The first-order chi connectivity index (χ1) is 14.5. The van der Waals surface area contributed by atoms with Crippen LogP contribution in [0.4, 0.5) is 10.1 Å². The van der Waals surface area contributed by atoms with Crippen molar-refractivity contribution in [2.24, 2.45) is 0 Å². The molecule has 0 bridgehead atoms. The fourth-order valence-corrected chi connectivity index (χ4v) is 3.95. The molecule has 30 heavy (non-hydrogen) atoms. The van der Waals surface area contributed by atoms with Crippen molar-refractivity contribution in [1.82, 2.24) is 4.90 Å². The third-order valence-corrected chi connectivity index (χ3v) is 5.45. The van der Waals surface area contributed by atoms with Gasteiger partial charge in [-0.1, -0.05) is 42.5 Å². The number of ether oxygens (including phenoxy) is 1. The zero-order valence-electron chi connectivity index (χ0n) is 16.6. The first-order valence-corrected chi connectivity index (χ1v) is 9.56. The molecule has 5 nitrogen and oxygen atoms in total. The van der Waals surface area contributed by atoms with Gasteiger partial charge in [-0.2, -0.15) is 0 Å². The lowest BCUT2D eigenvalue weighted by Crippen LogP contribution is -2.44. The summed E-state index contributed by atoms with van der Waals surface area (Å²) in [6, 6.07) is 19.8. The van der Waals surface area contributed by atoms with E-state index in [1.807, 2.05) is 12.1 Å². The summed E-state index contributed by atoms with van der Waals surface area (Å²) in [4.78, 5) is 28.0. The van der Waals surface area contributed by atoms with Gasteiger partial charge in [0.15, 0.2) is 0 Å². The van der Waals surface area contributed by atoms with Gasteiger partial charge >= 0.3 is 0 Å². The van der Waals surface area contributed by atoms with Gasteiger partial charge in [-0.25, -0.2) is 4.39 Å². The highest BCUT2D eigenvalue weighted by Crippen LogP contribution is 2.42. The van der Waals surface area contributed by atoms with Crippen LogP contribution in [0.3, 0.4) is 0 Å². The molecule has 0 radical (unpaired) electrons. The van der Waals surface area contributed by atoms with E-state index >= 15 is 0 Å². The predicted octanol–water partition coefficient (Wildman–Crippen LogP) is 4.38. The van der Waals surface area contributed by atoms with Crippen molar-refractivity contribution in [3.63, 3.8) is 0 Å². The lowest BCUT2D eigenvalue weighted by molar-refractivity contribution is -0.119. The van der Waals surface area contributed by atoms with E-state index in [-0.39, 0.29) is 17.5 Å². The van der Waals surface area contributed by atoms with Crippen molar-refractivity contribution in [3.05, 3.63) is 95.3 Å². The van der Waals surface area contributed by atoms with Crippen LogP contribution in [0.15, 0.2) is 72.8 Å². The normalized spacial score (nSPS) is 18.0. The van der Waals surface area contributed by atoms with Crippen molar-refractivity contribution in [1.29, 1.82) is 0 Å². The first-order valence-electron chi connectivity index (χ1n) is 9.56. The zero-order chi connectivity index (χ0) is 21.3. The summed E-state index contributed by atoms with van der Waals surface area (Å²) in [6.07, 6.45) is 0. The molecule has 0 spiro atoms. The largest absolute Gasteiger partial charge is 0.497 e. The molecule has 3 aromatic rings. The summed E-state index contributed by atoms with van der Waals surface area (Å²) in [5.41, 5.74) is 1.98. The van der Waals surface area contributed by atoms with Crippen LogP contribution in [0.2, 0.25) is 0 Å². The minimum absolute atomic E-state index is 0.105. The van der Waals surface area contributed by atoms with Crippen LogP contribution in [0.1, 0.15) is 33.4 Å². The van der Waals surface area contributed by atoms with Crippen LogP contribution in [0.5, 0.6) is 5.75 Å².